The van der Waals surface area contributed by atoms with Gasteiger partial charge in [-0.2, -0.15) is 0 Å². The standard InChI is InChI=1S/C27H44N2O7.2ClH/c1-4-5-8-11-21(27(32)33)22-18-28-15-16-29(22)19-20-13-14-23(34-2)26(35-3)25(20)36-17-10-7-6-9-12-24(30)31;;/h13-14,21-22,28H,4-12,15-19H2,1-3H3,(H,30,31)(H,32,33);2*1H. The van der Waals surface area contributed by atoms with Crippen LogP contribution in [0.3, 0.4) is 0 Å². The fourth-order valence-corrected chi connectivity index (χ4v) is 4.80. The van der Waals surface area contributed by atoms with E-state index in [9.17, 15) is 14.7 Å². The topological polar surface area (TPSA) is 118 Å². The van der Waals surface area contributed by atoms with Crippen molar-refractivity contribution in [2.24, 2.45) is 5.92 Å². The molecule has 1 fully saturated rings. The summed E-state index contributed by atoms with van der Waals surface area (Å²) in [4.78, 5) is 25.1. The number of hydrogen-bond donors (Lipinski definition) is 3. The Hall–Kier alpha value is -1.94. The SMILES string of the molecule is CCCCCC(C(=O)O)C1CNCCN1Cc1ccc(OC)c(OC)c1OCCCCCCC(=O)O.Cl.Cl. The molecule has 0 saturated carbocycles. The van der Waals surface area contributed by atoms with Crippen LogP contribution in [-0.4, -0.2) is 73.6 Å². The van der Waals surface area contributed by atoms with E-state index in [1.54, 1.807) is 14.2 Å². The van der Waals surface area contributed by atoms with Gasteiger partial charge in [0.15, 0.2) is 11.5 Å². The molecule has 2 rings (SSSR count). The minimum absolute atomic E-state index is 0. The van der Waals surface area contributed by atoms with E-state index >= 15 is 0 Å². The first-order valence-corrected chi connectivity index (χ1v) is 13.2. The molecule has 1 aliphatic rings. The molecule has 220 valence electrons. The second-order valence-electron chi connectivity index (χ2n) is 9.38. The maximum absolute atomic E-state index is 12.2. The average molecular weight is 582 g/mol. The number of methoxy groups -OCH3 is 2. The number of nitrogens with zero attached hydrogens (tertiary/aromatic N) is 1. The molecule has 1 heterocycles. The average Bonchev–Trinajstić information content (AvgIpc) is 2.86. The molecular weight excluding hydrogens is 535 g/mol. The number of carboxylic acid groups (broad SMARTS) is 2. The molecule has 2 atom stereocenters. The smallest absolute Gasteiger partial charge is 0.308 e. The number of hydrogen-bond acceptors (Lipinski definition) is 7. The summed E-state index contributed by atoms with van der Waals surface area (Å²) in [6, 6.07) is 3.72. The van der Waals surface area contributed by atoms with Crippen LogP contribution in [0.5, 0.6) is 17.2 Å². The molecule has 0 bridgehead atoms. The first kappa shape index (κ1) is 36.1. The van der Waals surface area contributed by atoms with Crippen molar-refractivity contribution in [1.29, 1.82) is 0 Å². The van der Waals surface area contributed by atoms with Gasteiger partial charge in [0.05, 0.1) is 26.7 Å². The Morgan fingerprint density at radius 2 is 1.76 bits per heavy atom. The van der Waals surface area contributed by atoms with E-state index in [-0.39, 0.29) is 37.3 Å². The molecule has 9 nitrogen and oxygen atoms in total. The van der Waals surface area contributed by atoms with Crippen molar-refractivity contribution in [2.45, 2.75) is 77.3 Å². The monoisotopic (exact) mass is 580 g/mol. The third-order valence-electron chi connectivity index (χ3n) is 6.79. The lowest BCUT2D eigenvalue weighted by Gasteiger charge is -2.39. The summed E-state index contributed by atoms with van der Waals surface area (Å²) in [6.45, 7) is 5.35. The molecular formula is C27H46Cl2N2O7. The third kappa shape index (κ3) is 11.4. The molecule has 0 radical (unpaired) electrons. The van der Waals surface area contributed by atoms with Gasteiger partial charge in [0.1, 0.15) is 0 Å². The third-order valence-corrected chi connectivity index (χ3v) is 6.79. The Bertz CT molecular complexity index is 829. The van der Waals surface area contributed by atoms with Gasteiger partial charge in [-0.25, -0.2) is 0 Å². The number of unbranched alkanes of at least 4 members (excludes halogenated alkanes) is 5. The summed E-state index contributed by atoms with van der Waals surface area (Å²) < 4.78 is 17.4. The number of carboxylic acids is 2. The molecule has 1 aromatic rings. The van der Waals surface area contributed by atoms with E-state index in [0.29, 0.717) is 49.8 Å². The zero-order valence-electron chi connectivity index (χ0n) is 22.9. The van der Waals surface area contributed by atoms with Crippen LogP contribution in [0.15, 0.2) is 12.1 Å². The van der Waals surface area contributed by atoms with Gasteiger partial charge >= 0.3 is 11.9 Å². The fourth-order valence-electron chi connectivity index (χ4n) is 4.80. The predicted octanol–water partition coefficient (Wildman–Crippen LogP) is 5.02. The van der Waals surface area contributed by atoms with E-state index < -0.39 is 17.9 Å². The van der Waals surface area contributed by atoms with Crippen molar-refractivity contribution in [3.8, 4) is 17.2 Å². The van der Waals surface area contributed by atoms with Gasteiger partial charge in [-0.15, -0.1) is 24.8 Å². The van der Waals surface area contributed by atoms with Crippen molar-refractivity contribution < 1.29 is 34.0 Å². The number of piperazine rings is 1. The lowest BCUT2D eigenvalue weighted by molar-refractivity contribution is -0.145. The summed E-state index contributed by atoms with van der Waals surface area (Å²) in [5, 5.41) is 22.2. The Balaban J connectivity index is 0.00000684. The van der Waals surface area contributed by atoms with Crippen molar-refractivity contribution in [2.75, 3.05) is 40.5 Å². The molecule has 11 heteroatoms. The van der Waals surface area contributed by atoms with Crippen molar-refractivity contribution >= 4 is 36.8 Å². The van der Waals surface area contributed by atoms with E-state index in [1.165, 1.54) is 0 Å². The molecule has 0 spiro atoms. The number of aliphatic carboxylic acids is 2. The minimum Gasteiger partial charge on any atom is -0.493 e. The highest BCUT2D eigenvalue weighted by Gasteiger charge is 2.34. The molecule has 38 heavy (non-hydrogen) atoms. The van der Waals surface area contributed by atoms with Crippen LogP contribution in [0, 0.1) is 5.92 Å². The highest BCUT2D eigenvalue weighted by atomic mass is 35.5. The van der Waals surface area contributed by atoms with Crippen molar-refractivity contribution in [3.63, 3.8) is 0 Å². The minimum atomic E-state index is -0.765. The second-order valence-corrected chi connectivity index (χ2v) is 9.38. The Morgan fingerprint density at radius 1 is 1.03 bits per heavy atom. The van der Waals surface area contributed by atoms with Gasteiger partial charge in [0.25, 0.3) is 0 Å². The van der Waals surface area contributed by atoms with E-state index in [1.807, 2.05) is 12.1 Å². The lowest BCUT2D eigenvalue weighted by atomic mass is 9.90. The molecule has 2 unspecified atom stereocenters. The number of carbonyl (C=O) groups is 2. The van der Waals surface area contributed by atoms with Crippen LogP contribution < -0.4 is 19.5 Å². The largest absolute Gasteiger partial charge is 0.493 e. The van der Waals surface area contributed by atoms with Crippen molar-refractivity contribution in [3.05, 3.63) is 17.7 Å². The predicted molar refractivity (Wildman–Crippen MR) is 153 cm³/mol. The maximum atomic E-state index is 12.2. The second kappa shape index (κ2) is 20.0. The van der Waals surface area contributed by atoms with Gasteiger partial charge in [-0.05, 0) is 25.3 Å². The van der Waals surface area contributed by atoms with Crippen LogP contribution in [-0.2, 0) is 16.1 Å². The van der Waals surface area contributed by atoms with Crippen LogP contribution in [0.25, 0.3) is 0 Å². The number of benzene rings is 1. The van der Waals surface area contributed by atoms with Crippen LogP contribution in [0.1, 0.15) is 70.3 Å². The summed E-state index contributed by atoms with van der Waals surface area (Å²) in [7, 11) is 3.17. The molecule has 1 aliphatic heterocycles. The Labute approximate surface area is 239 Å². The van der Waals surface area contributed by atoms with Crippen LogP contribution in [0.2, 0.25) is 0 Å². The molecule has 0 aromatic heterocycles. The zero-order chi connectivity index (χ0) is 26.3. The van der Waals surface area contributed by atoms with E-state index in [4.69, 9.17) is 19.3 Å². The molecule has 0 amide bonds. The summed E-state index contributed by atoms with van der Waals surface area (Å²) in [5.41, 5.74) is 0.933. The number of halogens is 2. The van der Waals surface area contributed by atoms with Gasteiger partial charge < -0.3 is 29.7 Å². The van der Waals surface area contributed by atoms with Crippen LogP contribution >= 0.6 is 24.8 Å². The van der Waals surface area contributed by atoms with Crippen LogP contribution in [0.4, 0.5) is 0 Å². The molecule has 1 saturated heterocycles. The van der Waals surface area contributed by atoms with E-state index in [0.717, 1.165) is 57.2 Å². The summed E-state index contributed by atoms with van der Waals surface area (Å²) >= 11 is 0. The van der Waals surface area contributed by atoms with Gasteiger partial charge in [-0.3, -0.25) is 14.5 Å². The first-order valence-electron chi connectivity index (χ1n) is 13.2. The first-order chi connectivity index (χ1) is 17.4. The molecule has 1 aromatic carbocycles. The maximum Gasteiger partial charge on any atom is 0.308 e. The van der Waals surface area contributed by atoms with Gasteiger partial charge in [0, 0.05) is 44.2 Å². The van der Waals surface area contributed by atoms with Crippen molar-refractivity contribution in [1.82, 2.24) is 10.2 Å². The number of nitrogens with one attached hydrogen (secondary N) is 1. The Morgan fingerprint density at radius 3 is 2.39 bits per heavy atom. The Kier molecular flexibility index (Phi) is 19.0. The quantitative estimate of drug-likeness (QED) is 0.206. The normalized spacial score (nSPS) is 16.0. The molecule has 0 aliphatic carbocycles. The van der Waals surface area contributed by atoms with E-state index in [2.05, 4.69) is 17.1 Å². The number of rotatable bonds is 18. The highest BCUT2D eigenvalue weighted by Crippen LogP contribution is 2.41. The summed E-state index contributed by atoms with van der Waals surface area (Å²) in [6.07, 6.45) is 7.06. The van der Waals surface area contributed by atoms with Gasteiger partial charge in [-0.1, -0.05) is 45.1 Å². The summed E-state index contributed by atoms with van der Waals surface area (Å²) in [5.74, 6) is -0.199. The highest BCUT2D eigenvalue weighted by molar-refractivity contribution is 5.85. The number of ether oxygens (including phenoxy) is 3. The lowest BCUT2D eigenvalue weighted by Crippen LogP contribution is -2.55. The molecule has 3 N–H and O–H groups in total. The fraction of sp³-hybridized carbons (Fsp3) is 0.704. The zero-order valence-corrected chi connectivity index (χ0v) is 24.5. The van der Waals surface area contributed by atoms with Gasteiger partial charge in [0.2, 0.25) is 5.75 Å².